The van der Waals surface area contributed by atoms with Gasteiger partial charge in [0.2, 0.25) is 0 Å². The summed E-state index contributed by atoms with van der Waals surface area (Å²) in [7, 11) is 4.06. The maximum atomic E-state index is 13.7. The molecule has 0 bridgehead atoms. The number of ether oxygens (including phenoxy) is 1. The molecule has 1 aromatic carbocycles. The molecule has 0 radical (unpaired) electrons. The van der Waals surface area contributed by atoms with Crippen LogP contribution in [-0.4, -0.2) is 70.1 Å². The van der Waals surface area contributed by atoms with E-state index >= 15 is 0 Å². The average molecular weight is 434 g/mol. The first-order chi connectivity index (χ1) is 15.6. The molecule has 5 rings (SSSR count). The minimum Gasteiger partial charge on any atom is -0.373 e. The van der Waals surface area contributed by atoms with Crippen LogP contribution in [-0.2, 0) is 4.74 Å². The van der Waals surface area contributed by atoms with E-state index in [1.807, 2.05) is 49.6 Å². The minimum absolute atomic E-state index is 0.0178. The number of rotatable bonds is 5. The van der Waals surface area contributed by atoms with Crippen molar-refractivity contribution >= 4 is 17.1 Å². The predicted molar refractivity (Wildman–Crippen MR) is 124 cm³/mol. The van der Waals surface area contributed by atoms with Crippen molar-refractivity contribution in [3.8, 4) is 0 Å². The highest BCUT2D eigenvalue weighted by molar-refractivity contribution is 5.96. The van der Waals surface area contributed by atoms with Gasteiger partial charge in [0.25, 0.3) is 5.91 Å². The van der Waals surface area contributed by atoms with E-state index in [1.165, 1.54) is 25.7 Å². The molecule has 1 aliphatic heterocycles. The zero-order chi connectivity index (χ0) is 22.1. The van der Waals surface area contributed by atoms with Crippen molar-refractivity contribution in [3.63, 3.8) is 0 Å². The Labute approximate surface area is 189 Å². The number of carbonyl (C=O) groups excluding carboxylic acids is 1. The van der Waals surface area contributed by atoms with E-state index in [9.17, 15) is 4.79 Å². The molecule has 2 aliphatic rings. The van der Waals surface area contributed by atoms with Crippen LogP contribution in [0.15, 0.2) is 48.9 Å². The maximum absolute atomic E-state index is 13.7. The largest absolute Gasteiger partial charge is 0.373 e. The van der Waals surface area contributed by atoms with Crippen molar-refractivity contribution in [1.82, 2.24) is 24.3 Å². The molecule has 32 heavy (non-hydrogen) atoms. The van der Waals surface area contributed by atoms with Gasteiger partial charge in [-0.1, -0.05) is 43.2 Å². The van der Waals surface area contributed by atoms with E-state index in [0.717, 1.165) is 23.3 Å². The second kappa shape index (κ2) is 9.00. The van der Waals surface area contributed by atoms with E-state index in [4.69, 9.17) is 4.74 Å². The average Bonchev–Trinajstić information content (AvgIpc) is 3.48. The zero-order valence-corrected chi connectivity index (χ0v) is 18.9. The molecule has 1 saturated carbocycles. The fourth-order valence-corrected chi connectivity index (χ4v) is 5.17. The van der Waals surface area contributed by atoms with Gasteiger partial charge in [0.1, 0.15) is 5.52 Å². The lowest BCUT2D eigenvalue weighted by Crippen LogP contribution is -2.51. The number of nitrogens with zero attached hydrogens (tertiary/aromatic N) is 5. The van der Waals surface area contributed by atoms with Crippen LogP contribution in [0, 0.1) is 0 Å². The molecular formula is C25H31N5O2. The predicted octanol–water partition coefficient (Wildman–Crippen LogP) is 3.69. The van der Waals surface area contributed by atoms with Crippen molar-refractivity contribution in [3.05, 3.63) is 60.0 Å². The van der Waals surface area contributed by atoms with Gasteiger partial charge in [0.05, 0.1) is 30.6 Å². The van der Waals surface area contributed by atoms with E-state index in [-0.39, 0.29) is 18.1 Å². The monoisotopic (exact) mass is 433 g/mol. The molecule has 168 valence electrons. The van der Waals surface area contributed by atoms with Crippen molar-refractivity contribution in [1.29, 1.82) is 0 Å². The highest BCUT2D eigenvalue weighted by Crippen LogP contribution is 2.33. The van der Waals surface area contributed by atoms with Crippen molar-refractivity contribution in [2.75, 3.05) is 33.8 Å². The molecular weight excluding hydrogens is 402 g/mol. The van der Waals surface area contributed by atoms with E-state index < -0.39 is 0 Å². The normalized spacial score (nSPS) is 22.2. The lowest BCUT2D eigenvalue weighted by molar-refractivity contribution is -0.0684. The summed E-state index contributed by atoms with van der Waals surface area (Å²) in [5.74, 6) is -0.0178. The quantitative estimate of drug-likeness (QED) is 0.614. The van der Waals surface area contributed by atoms with Gasteiger partial charge in [-0.05, 0) is 38.6 Å². The third-order valence-electron chi connectivity index (χ3n) is 6.68. The van der Waals surface area contributed by atoms with Gasteiger partial charge in [-0.3, -0.25) is 4.79 Å². The van der Waals surface area contributed by atoms with Gasteiger partial charge in [0.15, 0.2) is 5.65 Å². The molecule has 0 unspecified atom stereocenters. The Morgan fingerprint density at radius 2 is 1.94 bits per heavy atom. The summed E-state index contributed by atoms with van der Waals surface area (Å²) in [6, 6.07) is 12.4. The number of pyridine rings is 1. The number of likely N-dealkylation sites (N-methyl/N-ethyl adjacent to an activating group) is 1. The van der Waals surface area contributed by atoms with Gasteiger partial charge in [-0.2, -0.15) is 0 Å². The molecule has 7 heteroatoms. The van der Waals surface area contributed by atoms with Crippen LogP contribution < -0.4 is 0 Å². The number of benzene rings is 1. The van der Waals surface area contributed by atoms with Crippen molar-refractivity contribution < 1.29 is 9.53 Å². The Morgan fingerprint density at radius 3 is 2.69 bits per heavy atom. The van der Waals surface area contributed by atoms with E-state index in [0.29, 0.717) is 24.8 Å². The summed E-state index contributed by atoms with van der Waals surface area (Å²) in [6.07, 6.45) is 8.37. The SMILES string of the molecule is CN(C)C[C@@H]1OCCN(C(=O)c2cnc3c(c2)ncn3C2CCCC2)[C@H]1c1ccccc1. The van der Waals surface area contributed by atoms with Crippen molar-refractivity contribution in [2.24, 2.45) is 0 Å². The molecule has 7 nitrogen and oxygen atoms in total. The minimum atomic E-state index is -0.147. The molecule has 1 aliphatic carbocycles. The van der Waals surface area contributed by atoms with Crippen LogP contribution in [0.5, 0.6) is 0 Å². The summed E-state index contributed by atoms with van der Waals surface area (Å²) in [5, 5.41) is 0. The Hall–Kier alpha value is -2.77. The second-order valence-corrected chi connectivity index (χ2v) is 9.18. The Kier molecular flexibility index (Phi) is 5.93. The molecule has 0 spiro atoms. The first-order valence-electron chi connectivity index (χ1n) is 11.6. The number of hydrogen-bond donors (Lipinski definition) is 0. The number of imidazole rings is 1. The van der Waals surface area contributed by atoms with Crippen LogP contribution in [0.2, 0.25) is 0 Å². The fourth-order valence-electron chi connectivity index (χ4n) is 5.17. The third kappa shape index (κ3) is 4.02. The molecule has 3 heterocycles. The van der Waals surface area contributed by atoms with Gasteiger partial charge < -0.3 is 19.1 Å². The maximum Gasteiger partial charge on any atom is 0.256 e. The van der Waals surface area contributed by atoms with E-state index in [1.54, 1.807) is 6.20 Å². The first kappa shape index (κ1) is 21.1. The number of aromatic nitrogens is 3. The standard InChI is InChI=1S/C25H31N5O2/c1-28(2)16-22-23(18-8-4-3-5-9-18)29(12-13-32-22)25(31)19-14-21-24(26-15-19)30(17-27-21)20-10-6-7-11-20/h3-5,8-9,14-15,17,20,22-23H,6-7,10-13,16H2,1-2H3/t22-,23-/m0/s1. The number of morpholine rings is 1. The molecule has 3 aromatic rings. The van der Waals surface area contributed by atoms with Crippen LogP contribution in [0.3, 0.4) is 0 Å². The Balaban J connectivity index is 1.46. The van der Waals surface area contributed by atoms with Crippen LogP contribution in [0.25, 0.3) is 11.2 Å². The number of carbonyl (C=O) groups is 1. The number of amides is 1. The number of hydrogen-bond acceptors (Lipinski definition) is 5. The second-order valence-electron chi connectivity index (χ2n) is 9.18. The van der Waals surface area contributed by atoms with Gasteiger partial charge in [-0.15, -0.1) is 0 Å². The van der Waals surface area contributed by atoms with Crippen LogP contribution in [0.4, 0.5) is 0 Å². The molecule has 1 saturated heterocycles. The lowest BCUT2D eigenvalue weighted by atomic mass is 9.96. The first-order valence-corrected chi connectivity index (χ1v) is 11.6. The summed E-state index contributed by atoms with van der Waals surface area (Å²) < 4.78 is 8.32. The summed E-state index contributed by atoms with van der Waals surface area (Å²) in [4.78, 5) is 27.0. The lowest BCUT2D eigenvalue weighted by Gasteiger charge is -2.42. The van der Waals surface area contributed by atoms with Gasteiger partial charge >= 0.3 is 0 Å². The summed E-state index contributed by atoms with van der Waals surface area (Å²) in [6.45, 7) is 1.82. The fraction of sp³-hybridized carbons (Fsp3) is 0.480. The molecule has 2 aromatic heterocycles. The summed E-state index contributed by atoms with van der Waals surface area (Å²) in [5.41, 5.74) is 3.34. The Morgan fingerprint density at radius 1 is 1.16 bits per heavy atom. The van der Waals surface area contributed by atoms with Crippen molar-refractivity contribution in [2.45, 2.75) is 43.9 Å². The molecule has 1 amide bonds. The number of fused-ring (bicyclic) bond motifs is 1. The molecule has 2 fully saturated rings. The van der Waals surface area contributed by atoms with Gasteiger partial charge in [0, 0.05) is 25.3 Å². The van der Waals surface area contributed by atoms with Crippen LogP contribution in [0.1, 0.15) is 53.7 Å². The summed E-state index contributed by atoms with van der Waals surface area (Å²) >= 11 is 0. The highest BCUT2D eigenvalue weighted by Gasteiger charge is 2.37. The zero-order valence-electron chi connectivity index (χ0n) is 18.9. The van der Waals surface area contributed by atoms with E-state index in [2.05, 4.69) is 31.6 Å². The third-order valence-corrected chi connectivity index (χ3v) is 6.68. The highest BCUT2D eigenvalue weighted by atomic mass is 16.5. The smallest absolute Gasteiger partial charge is 0.256 e. The molecule has 0 N–H and O–H groups in total. The van der Waals surface area contributed by atoms with Crippen LogP contribution >= 0.6 is 0 Å². The topological polar surface area (TPSA) is 63.5 Å². The Bertz CT molecular complexity index is 1070. The van der Waals surface area contributed by atoms with Gasteiger partial charge in [-0.25, -0.2) is 9.97 Å². The molecule has 2 atom stereocenters.